The minimum absolute atomic E-state index is 0.819. The van der Waals surface area contributed by atoms with E-state index in [1.54, 1.807) is 0 Å². The highest BCUT2D eigenvalue weighted by atomic mass is 35.5. The van der Waals surface area contributed by atoms with E-state index >= 15 is 0 Å². The fourth-order valence-electron chi connectivity index (χ4n) is 2.43. The maximum absolute atomic E-state index is 5.99. The Bertz CT molecular complexity index is 487. The van der Waals surface area contributed by atoms with Crippen molar-refractivity contribution in [2.24, 2.45) is 0 Å². The van der Waals surface area contributed by atoms with Crippen LogP contribution in [0.1, 0.15) is 45.4 Å². The monoisotopic (exact) mass is 263 g/mol. The van der Waals surface area contributed by atoms with Crippen LogP contribution in [-0.2, 0) is 6.54 Å². The van der Waals surface area contributed by atoms with E-state index in [0.717, 1.165) is 11.6 Å². The summed E-state index contributed by atoms with van der Waals surface area (Å²) in [5, 5.41) is 2.06. The Morgan fingerprint density at radius 1 is 1.00 bits per heavy atom. The van der Waals surface area contributed by atoms with Gasteiger partial charge in [0.2, 0.25) is 0 Å². The molecule has 1 aromatic heterocycles. The first-order valence-electron chi connectivity index (χ1n) is 7.05. The van der Waals surface area contributed by atoms with Gasteiger partial charge in [-0.2, -0.15) is 0 Å². The number of hydrogen-bond donors (Lipinski definition) is 0. The zero-order valence-electron chi connectivity index (χ0n) is 11.2. The van der Waals surface area contributed by atoms with Crippen molar-refractivity contribution in [3.63, 3.8) is 0 Å². The summed E-state index contributed by atoms with van der Waals surface area (Å²) in [5.74, 6) is 0. The molecule has 2 heteroatoms. The van der Waals surface area contributed by atoms with Crippen LogP contribution in [0.25, 0.3) is 10.9 Å². The highest BCUT2D eigenvalue weighted by Gasteiger charge is 2.01. The van der Waals surface area contributed by atoms with Gasteiger partial charge < -0.3 is 4.57 Å². The fourth-order valence-corrected chi connectivity index (χ4v) is 2.61. The van der Waals surface area contributed by atoms with E-state index in [1.165, 1.54) is 49.4 Å². The zero-order valence-corrected chi connectivity index (χ0v) is 11.9. The van der Waals surface area contributed by atoms with Crippen molar-refractivity contribution in [1.29, 1.82) is 0 Å². The van der Waals surface area contributed by atoms with E-state index in [1.807, 2.05) is 12.1 Å². The lowest BCUT2D eigenvalue weighted by Gasteiger charge is -2.05. The molecule has 0 aliphatic rings. The number of halogens is 1. The number of benzene rings is 1. The standard InChI is InChI=1S/C16H22ClN/c1-2-3-4-5-6-7-11-18-12-10-14-13-15(17)8-9-16(14)18/h8-10,12-13H,2-7,11H2,1H3. The summed E-state index contributed by atoms with van der Waals surface area (Å²) >= 11 is 5.99. The molecule has 0 aliphatic heterocycles. The third kappa shape index (κ3) is 3.52. The molecule has 0 fully saturated rings. The van der Waals surface area contributed by atoms with Crippen LogP contribution in [0.2, 0.25) is 5.02 Å². The van der Waals surface area contributed by atoms with E-state index in [2.05, 4.69) is 29.8 Å². The molecule has 1 heterocycles. The number of hydrogen-bond acceptors (Lipinski definition) is 0. The van der Waals surface area contributed by atoms with Crippen LogP contribution in [0.3, 0.4) is 0 Å². The van der Waals surface area contributed by atoms with Crippen molar-refractivity contribution < 1.29 is 0 Å². The van der Waals surface area contributed by atoms with Gasteiger partial charge >= 0.3 is 0 Å². The Balaban J connectivity index is 1.84. The first-order chi connectivity index (χ1) is 8.81. The Hall–Kier alpha value is -0.950. The van der Waals surface area contributed by atoms with Gasteiger partial charge in [-0.05, 0) is 30.7 Å². The molecule has 0 atom stereocenters. The van der Waals surface area contributed by atoms with Crippen LogP contribution in [0.5, 0.6) is 0 Å². The molecule has 1 aromatic carbocycles. The lowest BCUT2D eigenvalue weighted by atomic mass is 10.1. The van der Waals surface area contributed by atoms with E-state index in [0.29, 0.717) is 0 Å². The quantitative estimate of drug-likeness (QED) is 0.569. The van der Waals surface area contributed by atoms with Gasteiger partial charge in [0, 0.05) is 28.7 Å². The second kappa shape index (κ2) is 6.84. The number of aromatic nitrogens is 1. The first kappa shape index (κ1) is 13.5. The van der Waals surface area contributed by atoms with Gasteiger partial charge in [0.15, 0.2) is 0 Å². The average Bonchev–Trinajstić information content (AvgIpc) is 2.76. The molecule has 0 saturated carbocycles. The van der Waals surface area contributed by atoms with Crippen molar-refractivity contribution in [3.8, 4) is 0 Å². The molecule has 0 saturated heterocycles. The molecule has 0 aliphatic carbocycles. The number of nitrogens with zero attached hydrogens (tertiary/aromatic N) is 1. The van der Waals surface area contributed by atoms with Gasteiger partial charge in [-0.3, -0.25) is 0 Å². The fraction of sp³-hybridized carbons (Fsp3) is 0.500. The van der Waals surface area contributed by atoms with Crippen LogP contribution in [0.4, 0.5) is 0 Å². The SMILES string of the molecule is CCCCCCCCn1ccc2cc(Cl)ccc21. The van der Waals surface area contributed by atoms with Gasteiger partial charge in [-0.1, -0.05) is 50.6 Å². The molecule has 2 aromatic rings. The predicted octanol–water partition coefficient (Wildman–Crippen LogP) is 5.66. The van der Waals surface area contributed by atoms with E-state index in [9.17, 15) is 0 Å². The van der Waals surface area contributed by atoms with E-state index in [4.69, 9.17) is 11.6 Å². The third-order valence-corrected chi connectivity index (χ3v) is 3.72. The minimum atomic E-state index is 0.819. The number of aryl methyl sites for hydroxylation is 1. The molecule has 98 valence electrons. The number of unbranched alkanes of at least 4 members (excludes halogenated alkanes) is 5. The minimum Gasteiger partial charge on any atom is -0.347 e. The summed E-state index contributed by atoms with van der Waals surface area (Å²) in [6, 6.07) is 8.28. The largest absolute Gasteiger partial charge is 0.347 e. The van der Waals surface area contributed by atoms with Crippen molar-refractivity contribution in [2.45, 2.75) is 52.0 Å². The second-order valence-corrected chi connectivity index (χ2v) is 5.42. The molecule has 0 spiro atoms. The van der Waals surface area contributed by atoms with Crippen molar-refractivity contribution in [1.82, 2.24) is 4.57 Å². The van der Waals surface area contributed by atoms with E-state index < -0.39 is 0 Å². The van der Waals surface area contributed by atoms with Crippen LogP contribution < -0.4 is 0 Å². The summed E-state index contributed by atoms with van der Waals surface area (Å²) in [4.78, 5) is 0. The highest BCUT2D eigenvalue weighted by Crippen LogP contribution is 2.21. The van der Waals surface area contributed by atoms with Crippen LogP contribution in [-0.4, -0.2) is 4.57 Å². The Labute approximate surface area is 115 Å². The van der Waals surface area contributed by atoms with Crippen molar-refractivity contribution >= 4 is 22.5 Å². The summed E-state index contributed by atoms with van der Waals surface area (Å²) in [5.41, 5.74) is 1.30. The Kier molecular flexibility index (Phi) is 5.12. The van der Waals surface area contributed by atoms with Crippen molar-refractivity contribution in [2.75, 3.05) is 0 Å². The number of rotatable bonds is 7. The highest BCUT2D eigenvalue weighted by molar-refractivity contribution is 6.31. The lowest BCUT2D eigenvalue weighted by Crippen LogP contribution is -1.95. The van der Waals surface area contributed by atoms with E-state index in [-0.39, 0.29) is 0 Å². The van der Waals surface area contributed by atoms with Gasteiger partial charge in [-0.15, -0.1) is 0 Å². The summed E-state index contributed by atoms with van der Waals surface area (Å²) in [6.45, 7) is 3.38. The molecular formula is C16H22ClN. The number of fused-ring (bicyclic) bond motifs is 1. The molecule has 2 rings (SSSR count). The van der Waals surface area contributed by atoms with Gasteiger partial charge in [-0.25, -0.2) is 0 Å². The molecule has 0 unspecified atom stereocenters. The maximum atomic E-state index is 5.99. The third-order valence-electron chi connectivity index (χ3n) is 3.49. The van der Waals surface area contributed by atoms with Gasteiger partial charge in [0.05, 0.1) is 0 Å². The normalized spacial score (nSPS) is 11.2. The Morgan fingerprint density at radius 2 is 1.78 bits per heavy atom. The van der Waals surface area contributed by atoms with Crippen LogP contribution in [0, 0.1) is 0 Å². The van der Waals surface area contributed by atoms with Gasteiger partial charge in [0.25, 0.3) is 0 Å². The summed E-state index contributed by atoms with van der Waals surface area (Å²) < 4.78 is 2.34. The smallest absolute Gasteiger partial charge is 0.0481 e. The zero-order chi connectivity index (χ0) is 12.8. The molecular weight excluding hydrogens is 242 g/mol. The first-order valence-corrected chi connectivity index (χ1v) is 7.43. The second-order valence-electron chi connectivity index (χ2n) is 4.98. The molecule has 18 heavy (non-hydrogen) atoms. The van der Waals surface area contributed by atoms with Crippen LogP contribution >= 0.6 is 11.6 Å². The molecule has 1 nitrogen and oxygen atoms in total. The predicted molar refractivity (Wildman–Crippen MR) is 80.3 cm³/mol. The maximum Gasteiger partial charge on any atom is 0.0481 e. The molecule has 0 radical (unpaired) electrons. The lowest BCUT2D eigenvalue weighted by molar-refractivity contribution is 0.565. The molecule has 0 N–H and O–H groups in total. The van der Waals surface area contributed by atoms with Crippen LogP contribution in [0.15, 0.2) is 30.5 Å². The molecule has 0 bridgehead atoms. The molecule has 0 amide bonds. The topological polar surface area (TPSA) is 4.93 Å². The Morgan fingerprint density at radius 3 is 2.61 bits per heavy atom. The average molecular weight is 264 g/mol. The van der Waals surface area contributed by atoms with Crippen molar-refractivity contribution in [3.05, 3.63) is 35.5 Å². The summed E-state index contributed by atoms with van der Waals surface area (Å²) in [6.07, 6.45) is 10.3. The summed E-state index contributed by atoms with van der Waals surface area (Å²) in [7, 11) is 0. The van der Waals surface area contributed by atoms with Gasteiger partial charge in [0.1, 0.15) is 0 Å².